The third kappa shape index (κ3) is 4.23. The molecular formula is C15H18N2O2. The molecule has 0 aromatic heterocycles. The molecular weight excluding hydrogens is 240 g/mol. The Hall–Kier alpha value is -2.12. The lowest BCUT2D eigenvalue weighted by molar-refractivity contribution is -0.128. The highest BCUT2D eigenvalue weighted by Gasteiger charge is 2.19. The van der Waals surface area contributed by atoms with E-state index in [0.29, 0.717) is 24.3 Å². The first kappa shape index (κ1) is 14.9. The van der Waals surface area contributed by atoms with E-state index in [2.05, 4.69) is 12.6 Å². The van der Waals surface area contributed by atoms with E-state index in [-0.39, 0.29) is 5.91 Å². The minimum absolute atomic E-state index is 0.140. The molecule has 0 N–H and O–H groups in total. The molecule has 1 rings (SSSR count). The summed E-state index contributed by atoms with van der Waals surface area (Å²) in [5.74, 6) is -0.140. The average molecular weight is 258 g/mol. The van der Waals surface area contributed by atoms with Crippen LogP contribution < -0.4 is 4.90 Å². The van der Waals surface area contributed by atoms with E-state index in [1.807, 2.05) is 0 Å². The molecule has 0 aliphatic heterocycles. The zero-order valence-electron chi connectivity index (χ0n) is 11.3. The number of hydrogen-bond donors (Lipinski definition) is 0. The van der Waals surface area contributed by atoms with Crippen molar-refractivity contribution in [2.24, 2.45) is 0 Å². The fourth-order valence-electron chi connectivity index (χ4n) is 1.58. The minimum Gasteiger partial charge on any atom is -0.368 e. The summed E-state index contributed by atoms with van der Waals surface area (Å²) in [5, 5.41) is 8.85. The molecule has 0 radical (unpaired) electrons. The van der Waals surface area contributed by atoms with Gasteiger partial charge in [-0.25, -0.2) is 0 Å². The topological polar surface area (TPSA) is 53.3 Å². The number of carbonyl (C=O) groups excluding carboxylic acids is 1. The van der Waals surface area contributed by atoms with Crippen molar-refractivity contribution >= 4 is 11.6 Å². The van der Waals surface area contributed by atoms with Gasteiger partial charge in [-0.15, -0.1) is 6.58 Å². The summed E-state index contributed by atoms with van der Waals surface area (Å²) in [4.78, 5) is 13.6. The molecule has 1 aromatic carbocycles. The number of carbonyl (C=O) groups is 1. The summed E-state index contributed by atoms with van der Waals surface area (Å²) >= 11 is 0. The molecule has 1 aromatic rings. The Labute approximate surface area is 113 Å². The number of likely N-dealkylation sites (N-methyl/N-ethyl adjacent to an activating group) is 1. The molecule has 1 amide bonds. The second-order valence-corrected chi connectivity index (χ2v) is 4.15. The quantitative estimate of drug-likeness (QED) is 0.582. The second kappa shape index (κ2) is 7.34. The maximum Gasteiger partial charge on any atom is 0.255 e. The number of hydrogen-bond acceptors (Lipinski definition) is 3. The van der Waals surface area contributed by atoms with Crippen LogP contribution in [-0.2, 0) is 9.53 Å². The standard InChI is InChI=1S/C15H18N2O2/c1-4-5-9-19-12(2)15(18)17(3)14-8-6-7-13(10-14)11-16/h4,6-8,10,12H,1,5,9H2,2-3H3. The molecule has 0 fully saturated rings. The molecule has 1 atom stereocenters. The number of benzene rings is 1. The molecule has 0 spiro atoms. The van der Waals surface area contributed by atoms with Crippen molar-refractivity contribution in [2.45, 2.75) is 19.4 Å². The van der Waals surface area contributed by atoms with Gasteiger partial charge in [-0.2, -0.15) is 5.26 Å². The highest BCUT2D eigenvalue weighted by Crippen LogP contribution is 2.16. The van der Waals surface area contributed by atoms with Crippen LogP contribution in [0.25, 0.3) is 0 Å². The van der Waals surface area contributed by atoms with E-state index in [1.165, 1.54) is 4.90 Å². The zero-order valence-corrected chi connectivity index (χ0v) is 11.3. The SMILES string of the molecule is C=CCCOC(C)C(=O)N(C)c1cccc(C#N)c1. The van der Waals surface area contributed by atoms with Crippen molar-refractivity contribution in [3.63, 3.8) is 0 Å². The number of rotatable bonds is 6. The maximum absolute atomic E-state index is 12.1. The normalized spacial score (nSPS) is 11.4. The van der Waals surface area contributed by atoms with E-state index in [0.717, 1.165) is 0 Å². The first-order valence-corrected chi connectivity index (χ1v) is 6.10. The van der Waals surface area contributed by atoms with Crippen LogP contribution >= 0.6 is 0 Å². The highest BCUT2D eigenvalue weighted by atomic mass is 16.5. The number of anilines is 1. The fraction of sp³-hybridized carbons (Fsp3) is 0.333. The van der Waals surface area contributed by atoms with Gasteiger partial charge in [0.1, 0.15) is 6.10 Å². The van der Waals surface area contributed by atoms with Crippen molar-refractivity contribution in [3.05, 3.63) is 42.5 Å². The van der Waals surface area contributed by atoms with E-state index in [9.17, 15) is 4.79 Å². The van der Waals surface area contributed by atoms with Gasteiger partial charge in [0.25, 0.3) is 5.91 Å². The van der Waals surface area contributed by atoms with Crippen molar-refractivity contribution < 1.29 is 9.53 Å². The number of amides is 1. The van der Waals surface area contributed by atoms with E-state index >= 15 is 0 Å². The van der Waals surface area contributed by atoms with Crippen LogP contribution in [0.4, 0.5) is 5.69 Å². The summed E-state index contributed by atoms with van der Waals surface area (Å²) in [6, 6.07) is 8.96. The van der Waals surface area contributed by atoms with Crippen LogP contribution in [0.5, 0.6) is 0 Å². The first-order chi connectivity index (χ1) is 9.10. The largest absolute Gasteiger partial charge is 0.368 e. The molecule has 4 nitrogen and oxygen atoms in total. The minimum atomic E-state index is -0.518. The van der Waals surface area contributed by atoms with Crippen LogP contribution in [0.3, 0.4) is 0 Å². The number of nitriles is 1. The average Bonchev–Trinajstić information content (AvgIpc) is 2.45. The van der Waals surface area contributed by atoms with Crippen LogP contribution in [0.15, 0.2) is 36.9 Å². The molecule has 100 valence electrons. The smallest absolute Gasteiger partial charge is 0.255 e. The lowest BCUT2D eigenvalue weighted by Crippen LogP contribution is -2.36. The van der Waals surface area contributed by atoms with Gasteiger partial charge < -0.3 is 9.64 Å². The molecule has 19 heavy (non-hydrogen) atoms. The van der Waals surface area contributed by atoms with Crippen molar-refractivity contribution in [3.8, 4) is 6.07 Å². The maximum atomic E-state index is 12.1. The van der Waals surface area contributed by atoms with Crippen LogP contribution in [0.2, 0.25) is 0 Å². The van der Waals surface area contributed by atoms with Gasteiger partial charge in [0.2, 0.25) is 0 Å². The second-order valence-electron chi connectivity index (χ2n) is 4.15. The molecule has 0 bridgehead atoms. The predicted octanol–water partition coefficient (Wildman–Crippen LogP) is 2.50. The van der Waals surface area contributed by atoms with Gasteiger partial charge in [-0.1, -0.05) is 12.1 Å². The van der Waals surface area contributed by atoms with Gasteiger partial charge in [0, 0.05) is 12.7 Å². The number of ether oxygens (including phenoxy) is 1. The third-order valence-corrected chi connectivity index (χ3v) is 2.73. The van der Waals surface area contributed by atoms with Crippen molar-refractivity contribution in [1.29, 1.82) is 5.26 Å². The molecule has 0 aliphatic carbocycles. The Morgan fingerprint density at radius 1 is 1.63 bits per heavy atom. The Bertz CT molecular complexity index is 491. The zero-order chi connectivity index (χ0) is 14.3. The van der Waals surface area contributed by atoms with Crippen LogP contribution in [-0.4, -0.2) is 25.7 Å². The van der Waals surface area contributed by atoms with E-state index < -0.39 is 6.10 Å². The third-order valence-electron chi connectivity index (χ3n) is 2.73. The number of nitrogens with zero attached hydrogens (tertiary/aromatic N) is 2. The van der Waals surface area contributed by atoms with Gasteiger partial charge in [0.15, 0.2) is 0 Å². The monoisotopic (exact) mass is 258 g/mol. The van der Waals surface area contributed by atoms with Crippen molar-refractivity contribution in [2.75, 3.05) is 18.6 Å². The summed E-state index contributed by atoms with van der Waals surface area (Å²) in [7, 11) is 1.67. The summed E-state index contributed by atoms with van der Waals surface area (Å²) in [6.07, 6.45) is 1.94. The lowest BCUT2D eigenvalue weighted by atomic mass is 10.2. The lowest BCUT2D eigenvalue weighted by Gasteiger charge is -2.21. The summed E-state index contributed by atoms with van der Waals surface area (Å²) in [5.41, 5.74) is 1.21. The predicted molar refractivity (Wildman–Crippen MR) is 74.8 cm³/mol. The Morgan fingerprint density at radius 2 is 2.37 bits per heavy atom. The molecule has 4 heteroatoms. The Morgan fingerprint density at radius 3 is 3.00 bits per heavy atom. The van der Waals surface area contributed by atoms with Crippen molar-refractivity contribution in [1.82, 2.24) is 0 Å². The molecule has 0 aliphatic rings. The molecule has 0 saturated carbocycles. The van der Waals surface area contributed by atoms with Crippen LogP contribution in [0, 0.1) is 11.3 Å². The fourth-order valence-corrected chi connectivity index (χ4v) is 1.58. The van der Waals surface area contributed by atoms with E-state index in [1.54, 1.807) is 44.3 Å². The Kier molecular flexibility index (Phi) is 5.77. The van der Waals surface area contributed by atoms with Crippen LogP contribution in [0.1, 0.15) is 18.9 Å². The molecule has 0 saturated heterocycles. The van der Waals surface area contributed by atoms with Gasteiger partial charge >= 0.3 is 0 Å². The van der Waals surface area contributed by atoms with E-state index in [4.69, 9.17) is 10.00 Å². The summed E-state index contributed by atoms with van der Waals surface area (Å²) in [6.45, 7) is 5.79. The van der Waals surface area contributed by atoms with Gasteiger partial charge in [-0.05, 0) is 31.5 Å². The Balaban J connectivity index is 2.70. The van der Waals surface area contributed by atoms with Gasteiger partial charge in [0.05, 0.1) is 18.2 Å². The first-order valence-electron chi connectivity index (χ1n) is 6.10. The van der Waals surface area contributed by atoms with Gasteiger partial charge in [-0.3, -0.25) is 4.79 Å². The molecule has 1 unspecified atom stereocenters. The molecule has 0 heterocycles. The highest BCUT2D eigenvalue weighted by molar-refractivity contribution is 5.95. The summed E-state index contributed by atoms with van der Waals surface area (Å²) < 4.78 is 5.42.